The number of amides is 2. The van der Waals surface area contributed by atoms with E-state index in [1.54, 1.807) is 39.3 Å². The third kappa shape index (κ3) is 8.13. The average Bonchev–Trinajstić information content (AvgIpc) is 3.77. The van der Waals surface area contributed by atoms with E-state index < -0.39 is 6.36 Å². The number of benzene rings is 3. The molecule has 2 heterocycles. The van der Waals surface area contributed by atoms with Crippen LogP contribution in [-0.4, -0.2) is 60.5 Å². The summed E-state index contributed by atoms with van der Waals surface area (Å²) in [6, 6.07) is 15.0. The smallest absolute Gasteiger partial charge is 0.497 e. The maximum Gasteiger partial charge on any atom is 0.573 e. The number of halogens is 3. The number of nitrogens with one attached hydrogen (secondary N) is 2. The Labute approximate surface area is 280 Å². The summed E-state index contributed by atoms with van der Waals surface area (Å²) in [5, 5.41) is 9.80. The van der Waals surface area contributed by atoms with E-state index in [0.29, 0.717) is 54.7 Å². The van der Waals surface area contributed by atoms with Crippen LogP contribution in [0.1, 0.15) is 46.3 Å². The number of methoxy groups -OCH3 is 2. The number of alkyl halides is 3. The van der Waals surface area contributed by atoms with Crippen molar-refractivity contribution in [2.24, 2.45) is 5.92 Å². The molecule has 4 aromatic rings. The van der Waals surface area contributed by atoms with Gasteiger partial charge in [-0.05, 0) is 71.8 Å². The number of rotatable bonds is 12. The standard InChI is InChI=1S/C35H36F3N5O6/c1-20-41-34(49-42-20)29-15-28(29)33(45)40-16-22-8-10-26(21-5-4-6-25(13-21)48-35(36,37)38)27-11-12-43(18-30(22)27)19-32(44)39-17-23-7-9-24(46-2)14-31(23)47-3/h4-10,13-14,28-29H,11-12,15-19H2,1-3H3,(H,39,44)(H,40,45)/t28-,29+/m1/s1. The van der Waals surface area contributed by atoms with Gasteiger partial charge in [0.1, 0.15) is 17.2 Å². The Hall–Kier alpha value is -5.11. The van der Waals surface area contributed by atoms with Crippen molar-refractivity contribution >= 4 is 11.8 Å². The van der Waals surface area contributed by atoms with Gasteiger partial charge in [-0.25, -0.2) is 0 Å². The van der Waals surface area contributed by atoms with Gasteiger partial charge in [0.2, 0.25) is 17.7 Å². The molecule has 0 spiro atoms. The summed E-state index contributed by atoms with van der Waals surface area (Å²) in [7, 11) is 3.12. The van der Waals surface area contributed by atoms with Gasteiger partial charge in [0, 0.05) is 37.8 Å². The first kappa shape index (κ1) is 33.8. The second-order valence-corrected chi connectivity index (χ2v) is 12.1. The van der Waals surface area contributed by atoms with Crippen molar-refractivity contribution < 1.29 is 41.5 Å². The van der Waals surface area contributed by atoms with E-state index >= 15 is 0 Å². The van der Waals surface area contributed by atoms with E-state index in [1.807, 2.05) is 23.1 Å². The first-order valence-electron chi connectivity index (χ1n) is 15.8. The molecule has 0 radical (unpaired) electrons. The highest BCUT2D eigenvalue weighted by atomic mass is 19.4. The predicted molar refractivity (Wildman–Crippen MR) is 171 cm³/mol. The molecule has 14 heteroatoms. The number of nitrogens with zero attached hydrogens (tertiary/aromatic N) is 3. The summed E-state index contributed by atoms with van der Waals surface area (Å²) in [5.74, 6) is 1.21. The van der Waals surface area contributed by atoms with Gasteiger partial charge in [-0.2, -0.15) is 4.98 Å². The van der Waals surface area contributed by atoms with E-state index in [4.69, 9.17) is 14.0 Å². The summed E-state index contributed by atoms with van der Waals surface area (Å²) < 4.78 is 59.1. The maximum absolute atomic E-state index is 13.1. The third-order valence-corrected chi connectivity index (χ3v) is 8.74. The molecule has 258 valence electrons. The average molecular weight is 680 g/mol. The summed E-state index contributed by atoms with van der Waals surface area (Å²) in [4.78, 5) is 32.4. The molecule has 3 aromatic carbocycles. The van der Waals surface area contributed by atoms with Gasteiger partial charge < -0.3 is 29.4 Å². The van der Waals surface area contributed by atoms with Crippen LogP contribution >= 0.6 is 0 Å². The zero-order valence-electron chi connectivity index (χ0n) is 27.2. The van der Waals surface area contributed by atoms with Crippen LogP contribution in [0.5, 0.6) is 17.2 Å². The highest BCUT2D eigenvalue weighted by Crippen LogP contribution is 2.47. The van der Waals surface area contributed by atoms with E-state index in [0.717, 1.165) is 27.8 Å². The number of ether oxygens (including phenoxy) is 3. The van der Waals surface area contributed by atoms with Crippen molar-refractivity contribution in [1.82, 2.24) is 25.7 Å². The monoisotopic (exact) mass is 679 g/mol. The lowest BCUT2D eigenvalue weighted by atomic mass is 9.87. The minimum atomic E-state index is -4.82. The number of carbonyl (C=O) groups excluding carboxylic acids is 2. The topological polar surface area (TPSA) is 128 Å². The van der Waals surface area contributed by atoms with Crippen molar-refractivity contribution in [1.29, 1.82) is 0 Å². The van der Waals surface area contributed by atoms with Crippen LogP contribution in [0, 0.1) is 12.8 Å². The van der Waals surface area contributed by atoms with Crippen LogP contribution in [0.4, 0.5) is 13.2 Å². The Morgan fingerprint density at radius 1 is 0.980 bits per heavy atom. The molecule has 1 saturated carbocycles. The molecule has 2 N–H and O–H groups in total. The number of carbonyl (C=O) groups is 2. The van der Waals surface area contributed by atoms with Gasteiger partial charge in [-0.3, -0.25) is 14.5 Å². The Morgan fingerprint density at radius 3 is 2.51 bits per heavy atom. The second-order valence-electron chi connectivity index (χ2n) is 12.1. The number of hydrogen-bond acceptors (Lipinski definition) is 9. The maximum atomic E-state index is 13.1. The van der Waals surface area contributed by atoms with E-state index in [9.17, 15) is 22.8 Å². The summed E-state index contributed by atoms with van der Waals surface area (Å²) >= 11 is 0. The number of fused-ring (bicyclic) bond motifs is 1. The Morgan fingerprint density at radius 2 is 1.78 bits per heavy atom. The lowest BCUT2D eigenvalue weighted by molar-refractivity contribution is -0.274. The quantitative estimate of drug-likeness (QED) is 0.211. The molecule has 6 rings (SSSR count). The van der Waals surface area contributed by atoms with Gasteiger partial charge >= 0.3 is 6.36 Å². The minimum absolute atomic E-state index is 0.115. The molecule has 1 fully saturated rings. The van der Waals surface area contributed by atoms with Crippen LogP contribution < -0.4 is 24.8 Å². The lowest BCUT2D eigenvalue weighted by Crippen LogP contribution is -2.40. The molecule has 2 atom stereocenters. The normalized spacial score (nSPS) is 17.2. The van der Waals surface area contributed by atoms with Crippen LogP contribution in [0.2, 0.25) is 0 Å². The molecule has 1 aromatic heterocycles. The Bertz CT molecular complexity index is 1840. The second kappa shape index (κ2) is 14.2. The largest absolute Gasteiger partial charge is 0.573 e. The third-order valence-electron chi connectivity index (χ3n) is 8.74. The Kier molecular flexibility index (Phi) is 9.77. The van der Waals surface area contributed by atoms with Crippen LogP contribution in [0.25, 0.3) is 11.1 Å². The van der Waals surface area contributed by atoms with Gasteiger partial charge in [-0.15, -0.1) is 13.2 Å². The van der Waals surface area contributed by atoms with Gasteiger partial charge in [0.05, 0.1) is 32.6 Å². The summed E-state index contributed by atoms with van der Waals surface area (Å²) in [6.45, 7) is 3.29. The number of aromatic nitrogens is 2. The van der Waals surface area contributed by atoms with Crippen molar-refractivity contribution in [3.05, 3.63) is 88.6 Å². The fourth-order valence-electron chi connectivity index (χ4n) is 6.21. The number of hydrogen-bond donors (Lipinski definition) is 2. The molecule has 0 saturated heterocycles. The summed E-state index contributed by atoms with van der Waals surface area (Å²) in [5.41, 5.74) is 4.85. The molecular weight excluding hydrogens is 643 g/mol. The van der Waals surface area contributed by atoms with Crippen molar-refractivity contribution in [3.63, 3.8) is 0 Å². The van der Waals surface area contributed by atoms with Crippen molar-refractivity contribution in [3.8, 4) is 28.4 Å². The molecule has 0 bridgehead atoms. The molecule has 1 aliphatic heterocycles. The van der Waals surface area contributed by atoms with Crippen LogP contribution in [0.3, 0.4) is 0 Å². The molecule has 1 aliphatic carbocycles. The van der Waals surface area contributed by atoms with Gasteiger partial charge in [-0.1, -0.05) is 29.4 Å². The van der Waals surface area contributed by atoms with E-state index in [2.05, 4.69) is 25.5 Å². The molecule has 0 unspecified atom stereocenters. The highest BCUT2D eigenvalue weighted by Gasteiger charge is 2.47. The van der Waals surface area contributed by atoms with Gasteiger partial charge in [0.15, 0.2) is 5.82 Å². The first-order valence-corrected chi connectivity index (χ1v) is 15.8. The molecule has 2 amide bonds. The Balaban J connectivity index is 1.18. The fraction of sp³-hybridized carbons (Fsp3) is 0.371. The zero-order valence-corrected chi connectivity index (χ0v) is 27.2. The summed E-state index contributed by atoms with van der Waals surface area (Å²) in [6.07, 6.45) is -3.66. The SMILES string of the molecule is COc1ccc(CNC(=O)CN2CCc3c(-c4cccc(OC(F)(F)F)c4)ccc(CNC(=O)[C@@H]4C[C@@H]4c4nc(C)no4)c3C2)c(OC)c1. The molecule has 11 nitrogen and oxygen atoms in total. The molecule has 49 heavy (non-hydrogen) atoms. The minimum Gasteiger partial charge on any atom is -0.497 e. The molecule has 2 aliphatic rings. The highest BCUT2D eigenvalue weighted by molar-refractivity contribution is 5.82. The predicted octanol–water partition coefficient (Wildman–Crippen LogP) is 5.06. The number of aryl methyl sites for hydroxylation is 1. The van der Waals surface area contributed by atoms with E-state index in [-0.39, 0.29) is 49.0 Å². The van der Waals surface area contributed by atoms with Crippen molar-refractivity contribution in [2.45, 2.75) is 51.7 Å². The van der Waals surface area contributed by atoms with E-state index in [1.165, 1.54) is 18.2 Å². The van der Waals surface area contributed by atoms with Gasteiger partial charge in [0.25, 0.3) is 0 Å². The zero-order chi connectivity index (χ0) is 34.7. The van der Waals surface area contributed by atoms with Crippen LogP contribution in [0.15, 0.2) is 59.1 Å². The first-order chi connectivity index (χ1) is 23.5. The molecular formula is C35H36F3N5O6. The lowest BCUT2D eigenvalue weighted by Gasteiger charge is -2.31. The fourth-order valence-corrected chi connectivity index (χ4v) is 6.21. The van der Waals surface area contributed by atoms with Crippen molar-refractivity contribution in [2.75, 3.05) is 27.3 Å². The van der Waals surface area contributed by atoms with Crippen LogP contribution in [-0.2, 0) is 35.6 Å².